The molecule has 0 bridgehead atoms. The van der Waals surface area contributed by atoms with Crippen molar-refractivity contribution < 1.29 is 14.6 Å². The lowest BCUT2D eigenvalue weighted by atomic mass is 10.1. The van der Waals surface area contributed by atoms with Gasteiger partial charge in [0.05, 0.1) is 12.0 Å². The summed E-state index contributed by atoms with van der Waals surface area (Å²) in [7, 11) is 1.50. The minimum atomic E-state index is -0.0231. The van der Waals surface area contributed by atoms with Crippen molar-refractivity contribution in [2.75, 3.05) is 7.11 Å². The van der Waals surface area contributed by atoms with Gasteiger partial charge in [-0.25, -0.2) is 0 Å². The zero-order chi connectivity index (χ0) is 14.5. The largest absolute Gasteiger partial charge is 0.504 e. The number of benzene rings is 1. The van der Waals surface area contributed by atoms with E-state index in [9.17, 15) is 9.90 Å². The summed E-state index contributed by atoms with van der Waals surface area (Å²) in [5, 5.41) is 9.67. The number of ether oxygens (including phenoxy) is 1. The first-order valence-corrected chi connectivity index (χ1v) is 7.13. The van der Waals surface area contributed by atoms with Gasteiger partial charge in [-0.2, -0.15) is 0 Å². The molecule has 0 aliphatic rings. The molecule has 1 aromatic carbocycles. The van der Waals surface area contributed by atoms with Gasteiger partial charge in [-0.1, -0.05) is 19.1 Å². The number of carbonyl (C=O) groups is 1. The van der Waals surface area contributed by atoms with E-state index in [1.165, 1.54) is 29.4 Å². The molecule has 0 radical (unpaired) electrons. The number of hydrogen-bond donors (Lipinski definition) is 1. The minimum absolute atomic E-state index is 0.0231. The summed E-state index contributed by atoms with van der Waals surface area (Å²) < 4.78 is 4.97. The normalized spacial score (nSPS) is 10.9. The molecular weight excluding hydrogens is 272 g/mol. The molecule has 1 heterocycles. The minimum Gasteiger partial charge on any atom is -0.504 e. The summed E-state index contributed by atoms with van der Waals surface area (Å²) in [5.41, 5.74) is 0.754. The van der Waals surface area contributed by atoms with Gasteiger partial charge in [-0.05, 0) is 42.3 Å². The molecule has 0 fully saturated rings. The fourth-order valence-electron chi connectivity index (χ4n) is 1.77. The second kappa shape index (κ2) is 6.39. The number of phenolic OH excluding ortho intramolecular Hbond substituents is 1. The first kappa shape index (κ1) is 14.3. The van der Waals surface area contributed by atoms with Crippen LogP contribution >= 0.6 is 11.3 Å². The Morgan fingerprint density at radius 1 is 1.35 bits per heavy atom. The van der Waals surface area contributed by atoms with E-state index in [1.807, 2.05) is 12.1 Å². The van der Waals surface area contributed by atoms with E-state index in [-0.39, 0.29) is 11.5 Å². The van der Waals surface area contributed by atoms with Crippen LogP contribution in [0.1, 0.15) is 27.0 Å². The second-order valence-electron chi connectivity index (χ2n) is 4.25. The Hall–Kier alpha value is -2.07. The van der Waals surface area contributed by atoms with Gasteiger partial charge in [0.2, 0.25) is 0 Å². The van der Waals surface area contributed by atoms with E-state index in [0.29, 0.717) is 5.75 Å². The lowest BCUT2D eigenvalue weighted by Gasteiger charge is -2.03. The molecule has 20 heavy (non-hydrogen) atoms. The van der Waals surface area contributed by atoms with Crippen LogP contribution in [-0.4, -0.2) is 18.0 Å². The van der Waals surface area contributed by atoms with E-state index in [4.69, 9.17) is 4.74 Å². The standard InChI is InChI=1S/C16H16O3S/c1-3-12-6-9-16(20-12)13(17)7-4-11-5-8-15(19-2)14(18)10-11/h4-10,18H,3H2,1-2H3/b7-4+. The molecule has 0 spiro atoms. The molecule has 2 rings (SSSR count). The van der Waals surface area contributed by atoms with E-state index in [2.05, 4.69) is 6.92 Å². The predicted octanol–water partition coefficient (Wildman–Crippen LogP) is 3.92. The molecule has 0 amide bonds. The molecule has 0 aliphatic heterocycles. The van der Waals surface area contributed by atoms with Gasteiger partial charge in [0.1, 0.15) is 0 Å². The summed E-state index contributed by atoms with van der Waals surface area (Å²) in [6, 6.07) is 8.84. The number of ketones is 1. The topological polar surface area (TPSA) is 46.5 Å². The predicted molar refractivity (Wildman–Crippen MR) is 81.7 cm³/mol. The summed E-state index contributed by atoms with van der Waals surface area (Å²) in [4.78, 5) is 13.9. The number of carbonyl (C=O) groups excluding carboxylic acids is 1. The van der Waals surface area contributed by atoms with E-state index in [0.717, 1.165) is 16.9 Å². The van der Waals surface area contributed by atoms with Gasteiger partial charge in [0.15, 0.2) is 17.3 Å². The van der Waals surface area contributed by atoms with Crippen LogP contribution in [0.5, 0.6) is 11.5 Å². The van der Waals surface area contributed by atoms with Crippen LogP contribution in [0.2, 0.25) is 0 Å². The van der Waals surface area contributed by atoms with Gasteiger partial charge >= 0.3 is 0 Å². The van der Waals surface area contributed by atoms with Crippen LogP contribution in [0.15, 0.2) is 36.4 Å². The molecule has 0 unspecified atom stereocenters. The number of hydrogen-bond acceptors (Lipinski definition) is 4. The highest BCUT2D eigenvalue weighted by Crippen LogP contribution is 2.27. The molecule has 0 saturated carbocycles. The molecule has 1 aromatic heterocycles. The Balaban J connectivity index is 2.12. The number of rotatable bonds is 5. The van der Waals surface area contributed by atoms with Gasteiger partial charge in [-0.15, -0.1) is 11.3 Å². The average molecular weight is 288 g/mol. The number of phenols is 1. The highest BCUT2D eigenvalue weighted by molar-refractivity contribution is 7.14. The third-order valence-electron chi connectivity index (χ3n) is 2.88. The molecule has 104 valence electrons. The zero-order valence-corrected chi connectivity index (χ0v) is 12.2. The van der Waals surface area contributed by atoms with Crippen LogP contribution < -0.4 is 4.74 Å². The molecule has 2 aromatic rings. The van der Waals surface area contributed by atoms with Crippen molar-refractivity contribution in [3.63, 3.8) is 0 Å². The fraction of sp³-hybridized carbons (Fsp3) is 0.188. The number of thiophene rings is 1. The monoisotopic (exact) mass is 288 g/mol. The second-order valence-corrected chi connectivity index (χ2v) is 5.42. The third-order valence-corrected chi connectivity index (χ3v) is 4.13. The molecule has 4 heteroatoms. The van der Waals surface area contributed by atoms with E-state index < -0.39 is 0 Å². The van der Waals surface area contributed by atoms with Gasteiger partial charge in [0, 0.05) is 4.88 Å². The summed E-state index contributed by atoms with van der Waals surface area (Å²) >= 11 is 1.52. The highest BCUT2D eigenvalue weighted by Gasteiger charge is 2.06. The van der Waals surface area contributed by atoms with Crippen molar-refractivity contribution in [2.45, 2.75) is 13.3 Å². The van der Waals surface area contributed by atoms with Gasteiger partial charge in [0.25, 0.3) is 0 Å². The van der Waals surface area contributed by atoms with Crippen molar-refractivity contribution in [1.82, 2.24) is 0 Å². The summed E-state index contributed by atoms with van der Waals surface area (Å²) in [5.74, 6) is 0.454. The maximum absolute atomic E-state index is 12.0. The van der Waals surface area contributed by atoms with E-state index >= 15 is 0 Å². The van der Waals surface area contributed by atoms with Crippen LogP contribution in [-0.2, 0) is 6.42 Å². The quantitative estimate of drug-likeness (QED) is 0.670. The van der Waals surface area contributed by atoms with Crippen LogP contribution in [0.3, 0.4) is 0 Å². The number of aryl methyl sites for hydroxylation is 1. The first-order chi connectivity index (χ1) is 9.63. The molecule has 0 atom stereocenters. The van der Waals surface area contributed by atoms with Crippen LogP contribution in [0.25, 0.3) is 6.08 Å². The number of methoxy groups -OCH3 is 1. The van der Waals surface area contributed by atoms with Crippen molar-refractivity contribution in [3.05, 3.63) is 51.7 Å². The maximum Gasteiger partial charge on any atom is 0.195 e. The number of aromatic hydroxyl groups is 1. The number of allylic oxidation sites excluding steroid dienone is 1. The third kappa shape index (κ3) is 3.27. The highest BCUT2D eigenvalue weighted by atomic mass is 32.1. The van der Waals surface area contributed by atoms with Crippen molar-refractivity contribution in [2.24, 2.45) is 0 Å². The van der Waals surface area contributed by atoms with Crippen molar-refractivity contribution in [1.29, 1.82) is 0 Å². The Kier molecular flexibility index (Phi) is 4.58. The maximum atomic E-state index is 12.0. The fourth-order valence-corrected chi connectivity index (χ4v) is 2.63. The van der Waals surface area contributed by atoms with Gasteiger partial charge in [-0.3, -0.25) is 4.79 Å². The molecular formula is C16H16O3S. The Labute approximate surface area is 122 Å². The lowest BCUT2D eigenvalue weighted by Crippen LogP contribution is -1.89. The summed E-state index contributed by atoms with van der Waals surface area (Å²) in [6.07, 6.45) is 4.15. The Morgan fingerprint density at radius 3 is 2.75 bits per heavy atom. The molecule has 0 aliphatic carbocycles. The average Bonchev–Trinajstić information content (AvgIpc) is 2.94. The SMILES string of the molecule is CCc1ccc(C(=O)/C=C/c2ccc(OC)c(O)c2)s1. The van der Waals surface area contributed by atoms with Crippen molar-refractivity contribution in [3.8, 4) is 11.5 Å². The van der Waals surface area contributed by atoms with Crippen molar-refractivity contribution >= 4 is 23.2 Å². The van der Waals surface area contributed by atoms with Crippen LogP contribution in [0.4, 0.5) is 0 Å². The lowest BCUT2D eigenvalue weighted by molar-refractivity contribution is 0.105. The Bertz CT molecular complexity index is 641. The molecule has 3 nitrogen and oxygen atoms in total. The first-order valence-electron chi connectivity index (χ1n) is 6.32. The Morgan fingerprint density at radius 2 is 2.15 bits per heavy atom. The molecule has 0 saturated heterocycles. The smallest absolute Gasteiger partial charge is 0.195 e. The van der Waals surface area contributed by atoms with Gasteiger partial charge < -0.3 is 9.84 Å². The van der Waals surface area contributed by atoms with Crippen LogP contribution in [0, 0.1) is 0 Å². The summed E-state index contributed by atoms with van der Waals surface area (Å²) in [6.45, 7) is 2.07. The zero-order valence-electron chi connectivity index (χ0n) is 11.4. The molecule has 1 N–H and O–H groups in total. The van der Waals surface area contributed by atoms with E-state index in [1.54, 1.807) is 24.3 Å².